The van der Waals surface area contributed by atoms with Gasteiger partial charge in [-0.15, -0.1) is 0 Å². The van der Waals surface area contributed by atoms with Crippen molar-refractivity contribution in [3.05, 3.63) is 28.8 Å². The Morgan fingerprint density at radius 1 is 1.44 bits per heavy atom. The van der Waals surface area contributed by atoms with Gasteiger partial charge in [-0.3, -0.25) is 0 Å². The van der Waals surface area contributed by atoms with E-state index >= 15 is 0 Å². The van der Waals surface area contributed by atoms with Crippen LogP contribution in [-0.2, 0) is 4.74 Å². The zero-order chi connectivity index (χ0) is 13.5. The molecule has 0 heterocycles. The summed E-state index contributed by atoms with van der Waals surface area (Å²) < 4.78 is 5.31. The number of likely N-dealkylation sites (N-methyl/N-ethyl adjacent to an activating group) is 1. The number of carboxylic acids is 1. The second kappa shape index (κ2) is 7.24. The lowest BCUT2D eigenvalue weighted by Crippen LogP contribution is -2.27. The van der Waals surface area contributed by atoms with Crippen molar-refractivity contribution < 1.29 is 14.6 Å². The Labute approximate surface area is 112 Å². The molecule has 0 fully saturated rings. The Kier molecular flexibility index (Phi) is 5.95. The van der Waals surface area contributed by atoms with E-state index in [0.29, 0.717) is 18.2 Å². The van der Waals surface area contributed by atoms with E-state index in [4.69, 9.17) is 21.4 Å². The lowest BCUT2D eigenvalue weighted by molar-refractivity contribution is 0.0697. The van der Waals surface area contributed by atoms with Crippen LogP contribution >= 0.6 is 11.6 Å². The number of benzene rings is 1. The van der Waals surface area contributed by atoms with Crippen LogP contribution in [0, 0.1) is 0 Å². The monoisotopic (exact) mass is 271 g/mol. The fraction of sp³-hybridized carbons (Fsp3) is 0.462. The lowest BCUT2D eigenvalue weighted by Gasteiger charge is -2.24. The summed E-state index contributed by atoms with van der Waals surface area (Å²) in [5.74, 6) is -0.971. The molecule has 4 nitrogen and oxygen atoms in total. The maximum atomic E-state index is 10.8. The van der Waals surface area contributed by atoms with Gasteiger partial charge in [0.15, 0.2) is 0 Å². The first-order chi connectivity index (χ1) is 8.60. The summed E-state index contributed by atoms with van der Waals surface area (Å²) in [5, 5.41) is 9.33. The van der Waals surface area contributed by atoms with Gasteiger partial charge in [0, 0.05) is 19.7 Å². The number of carbonyl (C=O) groups is 1. The summed E-state index contributed by atoms with van der Waals surface area (Å²) >= 11 is 6.11. The second-order valence-corrected chi connectivity index (χ2v) is 4.16. The first kappa shape index (κ1) is 14.8. The van der Waals surface area contributed by atoms with E-state index in [9.17, 15) is 4.79 Å². The topological polar surface area (TPSA) is 49.8 Å². The molecule has 0 atom stereocenters. The fourth-order valence-corrected chi connectivity index (χ4v) is 1.96. The van der Waals surface area contributed by atoms with Crippen molar-refractivity contribution in [3.8, 4) is 0 Å². The predicted octanol–water partition coefficient (Wildman–Crippen LogP) is 2.90. The van der Waals surface area contributed by atoms with E-state index in [-0.39, 0.29) is 5.56 Å². The maximum absolute atomic E-state index is 10.8. The third kappa shape index (κ3) is 3.89. The molecular weight excluding hydrogens is 254 g/mol. The van der Waals surface area contributed by atoms with Gasteiger partial charge in [0.25, 0.3) is 0 Å². The Bertz CT molecular complexity index is 409. The summed E-state index contributed by atoms with van der Waals surface area (Å²) in [7, 11) is 0. The van der Waals surface area contributed by atoms with Crippen molar-refractivity contribution in [1.82, 2.24) is 0 Å². The van der Waals surface area contributed by atoms with Gasteiger partial charge in [0.1, 0.15) is 0 Å². The Balaban J connectivity index is 2.82. The van der Waals surface area contributed by atoms with Crippen LogP contribution in [-0.4, -0.2) is 37.4 Å². The van der Waals surface area contributed by atoms with Crippen molar-refractivity contribution >= 4 is 23.3 Å². The van der Waals surface area contributed by atoms with Gasteiger partial charge in [0.2, 0.25) is 0 Å². The smallest absolute Gasteiger partial charge is 0.335 e. The number of hydrogen-bond acceptors (Lipinski definition) is 3. The van der Waals surface area contributed by atoms with Crippen LogP contribution in [0.1, 0.15) is 24.2 Å². The molecule has 0 spiro atoms. The molecule has 0 saturated heterocycles. The van der Waals surface area contributed by atoms with Crippen molar-refractivity contribution in [2.75, 3.05) is 31.2 Å². The van der Waals surface area contributed by atoms with Gasteiger partial charge in [-0.05, 0) is 32.0 Å². The van der Waals surface area contributed by atoms with Crippen LogP contribution in [0.15, 0.2) is 18.2 Å². The van der Waals surface area contributed by atoms with Crippen LogP contribution in [0.3, 0.4) is 0 Å². The summed E-state index contributed by atoms with van der Waals surface area (Å²) in [4.78, 5) is 12.9. The minimum atomic E-state index is -0.971. The minimum absolute atomic E-state index is 0.199. The Morgan fingerprint density at radius 3 is 2.67 bits per heavy atom. The van der Waals surface area contributed by atoms with E-state index in [1.165, 1.54) is 6.07 Å². The third-order valence-electron chi connectivity index (χ3n) is 2.63. The summed E-state index contributed by atoms with van der Waals surface area (Å²) in [6.45, 7) is 6.80. The first-order valence-corrected chi connectivity index (χ1v) is 6.33. The van der Waals surface area contributed by atoms with Gasteiger partial charge < -0.3 is 14.7 Å². The lowest BCUT2D eigenvalue weighted by atomic mass is 10.2. The second-order valence-electron chi connectivity index (χ2n) is 3.75. The summed E-state index contributed by atoms with van der Waals surface area (Å²) in [6, 6.07) is 4.77. The highest BCUT2D eigenvalue weighted by molar-refractivity contribution is 6.33. The molecule has 0 amide bonds. The molecule has 1 rings (SSSR count). The zero-order valence-electron chi connectivity index (χ0n) is 10.6. The van der Waals surface area contributed by atoms with Crippen molar-refractivity contribution in [2.45, 2.75) is 13.8 Å². The van der Waals surface area contributed by atoms with Gasteiger partial charge in [-0.25, -0.2) is 4.79 Å². The van der Waals surface area contributed by atoms with Crippen molar-refractivity contribution in [2.24, 2.45) is 0 Å². The number of halogens is 1. The van der Waals surface area contributed by atoms with Gasteiger partial charge in [-0.2, -0.15) is 0 Å². The van der Waals surface area contributed by atoms with E-state index in [1.54, 1.807) is 12.1 Å². The van der Waals surface area contributed by atoms with Crippen molar-refractivity contribution in [1.29, 1.82) is 0 Å². The first-order valence-electron chi connectivity index (χ1n) is 5.95. The normalized spacial score (nSPS) is 10.4. The summed E-state index contributed by atoms with van der Waals surface area (Å²) in [5.41, 5.74) is 1.04. The Morgan fingerprint density at radius 2 is 2.17 bits per heavy atom. The van der Waals surface area contributed by atoms with E-state index in [0.717, 1.165) is 18.8 Å². The number of nitrogens with zero attached hydrogens (tertiary/aromatic N) is 1. The molecule has 0 aliphatic carbocycles. The number of anilines is 1. The number of aromatic carboxylic acids is 1. The molecule has 0 bridgehead atoms. The molecule has 5 heteroatoms. The predicted molar refractivity (Wildman–Crippen MR) is 72.8 cm³/mol. The molecular formula is C13H18ClNO3. The number of carboxylic acid groups (broad SMARTS) is 1. The van der Waals surface area contributed by atoms with Crippen LogP contribution in [0.5, 0.6) is 0 Å². The molecule has 0 aliphatic rings. The van der Waals surface area contributed by atoms with Gasteiger partial charge in [-0.1, -0.05) is 11.6 Å². The molecule has 0 radical (unpaired) electrons. The fourth-order valence-electron chi connectivity index (χ4n) is 1.66. The van der Waals surface area contributed by atoms with Crippen molar-refractivity contribution in [3.63, 3.8) is 0 Å². The quantitative estimate of drug-likeness (QED) is 0.775. The average molecular weight is 272 g/mol. The molecule has 1 N–H and O–H groups in total. The standard InChI is InChI=1S/C13H18ClNO3/c1-3-15(7-8-18-4-2)12-6-5-10(13(16)17)9-11(12)14/h5-6,9H,3-4,7-8H2,1-2H3,(H,16,17). The summed E-state index contributed by atoms with van der Waals surface area (Å²) in [6.07, 6.45) is 0. The maximum Gasteiger partial charge on any atom is 0.335 e. The largest absolute Gasteiger partial charge is 0.478 e. The molecule has 0 aromatic heterocycles. The van der Waals surface area contributed by atoms with Crippen LogP contribution < -0.4 is 4.90 Å². The van der Waals surface area contributed by atoms with Crippen LogP contribution in [0.25, 0.3) is 0 Å². The molecule has 0 saturated carbocycles. The highest BCUT2D eigenvalue weighted by atomic mass is 35.5. The zero-order valence-corrected chi connectivity index (χ0v) is 11.4. The molecule has 100 valence electrons. The van der Waals surface area contributed by atoms with E-state index in [2.05, 4.69) is 4.90 Å². The number of hydrogen-bond donors (Lipinski definition) is 1. The average Bonchev–Trinajstić information content (AvgIpc) is 2.35. The molecule has 1 aromatic carbocycles. The van der Waals surface area contributed by atoms with Gasteiger partial charge in [0.05, 0.1) is 22.9 Å². The molecule has 1 aromatic rings. The molecule has 0 aliphatic heterocycles. The number of ether oxygens (including phenoxy) is 1. The van der Waals surface area contributed by atoms with E-state index in [1.807, 2.05) is 13.8 Å². The van der Waals surface area contributed by atoms with Crippen LogP contribution in [0.4, 0.5) is 5.69 Å². The van der Waals surface area contributed by atoms with Gasteiger partial charge >= 0.3 is 5.97 Å². The van der Waals surface area contributed by atoms with Crippen LogP contribution in [0.2, 0.25) is 5.02 Å². The molecule has 18 heavy (non-hydrogen) atoms. The Hall–Kier alpha value is -1.26. The van der Waals surface area contributed by atoms with E-state index < -0.39 is 5.97 Å². The third-order valence-corrected chi connectivity index (χ3v) is 2.93. The minimum Gasteiger partial charge on any atom is -0.478 e. The molecule has 0 unspecified atom stereocenters. The number of rotatable bonds is 7. The highest BCUT2D eigenvalue weighted by Gasteiger charge is 2.11. The SMILES string of the molecule is CCOCCN(CC)c1ccc(C(=O)O)cc1Cl. The highest BCUT2D eigenvalue weighted by Crippen LogP contribution is 2.26.